The Morgan fingerprint density at radius 3 is 2.75 bits per heavy atom. The van der Waals surface area contributed by atoms with Crippen molar-refractivity contribution in [2.24, 2.45) is 0 Å². The van der Waals surface area contributed by atoms with E-state index in [9.17, 15) is 18.0 Å². The van der Waals surface area contributed by atoms with Gasteiger partial charge < -0.3 is 5.32 Å². The van der Waals surface area contributed by atoms with Crippen molar-refractivity contribution >= 4 is 5.91 Å². The molecule has 4 nitrogen and oxygen atoms in total. The quantitative estimate of drug-likeness (QED) is 0.898. The summed E-state index contributed by atoms with van der Waals surface area (Å²) in [5, 5.41) is 9.37. The Morgan fingerprint density at radius 1 is 1.25 bits per heavy atom. The Labute approximate surface area is 137 Å². The first-order valence-electron chi connectivity index (χ1n) is 7.89. The van der Waals surface area contributed by atoms with Gasteiger partial charge in [0.2, 0.25) is 5.91 Å². The second kappa shape index (κ2) is 6.67. The average molecular weight is 337 g/mol. The first-order chi connectivity index (χ1) is 11.4. The van der Waals surface area contributed by atoms with E-state index >= 15 is 0 Å². The Morgan fingerprint density at radius 2 is 2.04 bits per heavy atom. The van der Waals surface area contributed by atoms with Gasteiger partial charge in [-0.1, -0.05) is 24.6 Å². The predicted octanol–water partition coefficient (Wildman–Crippen LogP) is 3.42. The zero-order valence-electron chi connectivity index (χ0n) is 12.9. The minimum absolute atomic E-state index is 0.143. The molecule has 1 heterocycles. The van der Waals surface area contributed by atoms with Crippen LogP contribution in [0.5, 0.6) is 0 Å². The van der Waals surface area contributed by atoms with Crippen LogP contribution in [0, 0.1) is 0 Å². The van der Waals surface area contributed by atoms with E-state index < -0.39 is 11.7 Å². The lowest BCUT2D eigenvalue weighted by Crippen LogP contribution is -2.38. The highest BCUT2D eigenvalue weighted by molar-refractivity contribution is 5.78. The second-order valence-electron chi connectivity index (χ2n) is 6.06. The smallest absolute Gasteiger partial charge is 0.352 e. The van der Waals surface area contributed by atoms with Crippen LogP contribution in [0.15, 0.2) is 36.5 Å². The SMILES string of the molecule is O=C(Cc1ccn[nH]1)N[C@H]1CCC[C@@H]1c1ccccc1C(F)(F)F. The third-order valence-electron chi connectivity index (χ3n) is 4.44. The summed E-state index contributed by atoms with van der Waals surface area (Å²) in [6, 6.07) is 7.07. The van der Waals surface area contributed by atoms with Crippen LogP contribution >= 0.6 is 0 Å². The molecule has 2 atom stereocenters. The van der Waals surface area contributed by atoms with Crippen LogP contribution in [-0.2, 0) is 17.4 Å². The number of aromatic nitrogens is 2. The standard InChI is InChI=1S/C17H18F3N3O/c18-17(19,20)14-6-2-1-4-12(14)13-5-3-7-15(13)22-16(24)10-11-8-9-21-23-11/h1-2,4,6,8-9,13,15H,3,5,7,10H2,(H,21,23)(H,22,24)/t13-,15+/m1/s1. The van der Waals surface area contributed by atoms with Crippen LogP contribution in [0.25, 0.3) is 0 Å². The van der Waals surface area contributed by atoms with Gasteiger partial charge in [0.25, 0.3) is 0 Å². The van der Waals surface area contributed by atoms with E-state index in [4.69, 9.17) is 0 Å². The van der Waals surface area contributed by atoms with Crippen LogP contribution in [0.3, 0.4) is 0 Å². The number of alkyl halides is 3. The normalized spacial score (nSPS) is 21.0. The van der Waals surface area contributed by atoms with E-state index in [0.29, 0.717) is 18.5 Å². The van der Waals surface area contributed by atoms with Crippen molar-refractivity contribution < 1.29 is 18.0 Å². The molecule has 0 spiro atoms. The number of hydrogen-bond acceptors (Lipinski definition) is 2. The van der Waals surface area contributed by atoms with Crippen LogP contribution in [0.2, 0.25) is 0 Å². The molecule has 2 aromatic rings. The number of amides is 1. The Balaban J connectivity index is 1.75. The molecule has 1 amide bonds. The fraction of sp³-hybridized carbons (Fsp3) is 0.412. The molecule has 7 heteroatoms. The monoisotopic (exact) mass is 337 g/mol. The zero-order chi connectivity index (χ0) is 17.2. The van der Waals surface area contributed by atoms with Crippen molar-refractivity contribution in [2.75, 3.05) is 0 Å². The molecule has 0 aliphatic heterocycles. The maximum absolute atomic E-state index is 13.2. The van der Waals surface area contributed by atoms with E-state index in [1.54, 1.807) is 18.3 Å². The largest absolute Gasteiger partial charge is 0.416 e. The predicted molar refractivity (Wildman–Crippen MR) is 82.3 cm³/mol. The van der Waals surface area contributed by atoms with Gasteiger partial charge in [-0.2, -0.15) is 18.3 Å². The first-order valence-corrected chi connectivity index (χ1v) is 7.89. The number of H-pyrrole nitrogens is 1. The number of benzene rings is 1. The van der Waals surface area contributed by atoms with Crippen molar-refractivity contribution in [2.45, 2.75) is 43.8 Å². The highest BCUT2D eigenvalue weighted by Crippen LogP contribution is 2.41. The Kier molecular flexibility index (Phi) is 4.59. The zero-order valence-corrected chi connectivity index (χ0v) is 12.9. The number of carbonyl (C=O) groups excluding carboxylic acids is 1. The number of nitrogens with one attached hydrogen (secondary N) is 2. The maximum atomic E-state index is 13.2. The van der Waals surface area contributed by atoms with Gasteiger partial charge >= 0.3 is 6.18 Å². The van der Waals surface area contributed by atoms with E-state index in [-0.39, 0.29) is 29.9 Å². The number of carbonyl (C=O) groups is 1. The van der Waals surface area contributed by atoms with Crippen molar-refractivity contribution in [3.8, 4) is 0 Å². The summed E-state index contributed by atoms with van der Waals surface area (Å²) >= 11 is 0. The van der Waals surface area contributed by atoms with Crippen molar-refractivity contribution in [1.82, 2.24) is 15.5 Å². The number of nitrogens with zero attached hydrogens (tertiary/aromatic N) is 1. The first kappa shape index (κ1) is 16.5. The van der Waals surface area contributed by atoms with E-state index in [0.717, 1.165) is 12.5 Å². The summed E-state index contributed by atoms with van der Waals surface area (Å²) in [6.45, 7) is 0. The van der Waals surface area contributed by atoms with Crippen LogP contribution < -0.4 is 5.32 Å². The minimum atomic E-state index is -4.39. The molecule has 0 saturated heterocycles. The Bertz CT molecular complexity index is 697. The van der Waals surface area contributed by atoms with E-state index in [1.165, 1.54) is 12.1 Å². The number of halogens is 3. The molecule has 24 heavy (non-hydrogen) atoms. The van der Waals surface area contributed by atoms with Gasteiger partial charge in [0.05, 0.1) is 12.0 Å². The van der Waals surface area contributed by atoms with Crippen molar-refractivity contribution in [1.29, 1.82) is 0 Å². The van der Waals surface area contributed by atoms with Gasteiger partial charge in [0, 0.05) is 23.9 Å². The third kappa shape index (κ3) is 3.60. The molecule has 1 aliphatic rings. The highest BCUT2D eigenvalue weighted by Gasteiger charge is 2.38. The van der Waals surface area contributed by atoms with Crippen LogP contribution in [0.4, 0.5) is 13.2 Å². The van der Waals surface area contributed by atoms with Crippen molar-refractivity contribution in [3.63, 3.8) is 0 Å². The molecule has 1 saturated carbocycles. The molecule has 1 aromatic heterocycles. The molecular weight excluding hydrogens is 319 g/mol. The lowest BCUT2D eigenvalue weighted by Gasteiger charge is -2.24. The molecule has 1 fully saturated rings. The van der Waals surface area contributed by atoms with E-state index in [1.807, 2.05) is 0 Å². The van der Waals surface area contributed by atoms with Gasteiger partial charge in [-0.05, 0) is 30.5 Å². The molecule has 128 valence electrons. The van der Waals surface area contributed by atoms with Gasteiger partial charge in [-0.25, -0.2) is 0 Å². The molecule has 0 bridgehead atoms. The summed E-state index contributed by atoms with van der Waals surface area (Å²) in [6.07, 6.45) is -0.562. The van der Waals surface area contributed by atoms with E-state index in [2.05, 4.69) is 15.5 Å². The average Bonchev–Trinajstić information content (AvgIpc) is 3.18. The molecular formula is C17H18F3N3O. The summed E-state index contributed by atoms with van der Waals surface area (Å²) in [5.41, 5.74) is 0.344. The molecule has 3 rings (SSSR count). The lowest BCUT2D eigenvalue weighted by atomic mass is 9.89. The fourth-order valence-corrected chi connectivity index (χ4v) is 3.40. The summed E-state index contributed by atoms with van der Waals surface area (Å²) < 4.78 is 39.7. The number of rotatable bonds is 4. The molecule has 2 N–H and O–H groups in total. The minimum Gasteiger partial charge on any atom is -0.352 e. The topological polar surface area (TPSA) is 57.8 Å². The molecule has 1 aromatic carbocycles. The Hall–Kier alpha value is -2.31. The highest BCUT2D eigenvalue weighted by atomic mass is 19.4. The number of aromatic amines is 1. The maximum Gasteiger partial charge on any atom is 0.416 e. The van der Waals surface area contributed by atoms with Crippen LogP contribution in [-0.4, -0.2) is 22.1 Å². The summed E-state index contributed by atoms with van der Waals surface area (Å²) in [4.78, 5) is 12.1. The fourth-order valence-electron chi connectivity index (χ4n) is 3.40. The van der Waals surface area contributed by atoms with Gasteiger partial charge in [0.15, 0.2) is 0 Å². The van der Waals surface area contributed by atoms with Gasteiger partial charge in [0.1, 0.15) is 0 Å². The van der Waals surface area contributed by atoms with Crippen LogP contribution in [0.1, 0.15) is 42.0 Å². The lowest BCUT2D eigenvalue weighted by molar-refractivity contribution is -0.138. The van der Waals surface area contributed by atoms with Crippen molar-refractivity contribution in [3.05, 3.63) is 53.3 Å². The summed E-state index contributed by atoms with van der Waals surface area (Å²) in [7, 11) is 0. The molecule has 0 radical (unpaired) electrons. The molecule has 1 aliphatic carbocycles. The second-order valence-corrected chi connectivity index (χ2v) is 6.06. The molecule has 0 unspecified atom stereocenters. The van der Waals surface area contributed by atoms with Gasteiger partial charge in [-0.15, -0.1) is 0 Å². The number of hydrogen-bond donors (Lipinski definition) is 2. The third-order valence-corrected chi connectivity index (χ3v) is 4.44. The van der Waals surface area contributed by atoms with Gasteiger partial charge in [-0.3, -0.25) is 9.89 Å². The summed E-state index contributed by atoms with van der Waals surface area (Å²) in [5.74, 6) is -0.519.